The Labute approximate surface area is 237 Å². The molecule has 2 fully saturated rings. The first-order chi connectivity index (χ1) is 18.5. The van der Waals surface area contributed by atoms with Crippen LogP contribution >= 0.6 is 15.9 Å². The van der Waals surface area contributed by atoms with Crippen molar-refractivity contribution in [1.82, 2.24) is 9.55 Å². The maximum absolute atomic E-state index is 14.4. The average Bonchev–Trinajstić information content (AvgIpc) is 3.50. The van der Waals surface area contributed by atoms with Crippen LogP contribution in [0.15, 0.2) is 40.9 Å². The highest BCUT2D eigenvalue weighted by Gasteiger charge is 2.26. The summed E-state index contributed by atoms with van der Waals surface area (Å²) in [4.78, 5) is 27.8. The lowest BCUT2D eigenvalue weighted by Gasteiger charge is -2.22. The molecule has 3 N–H and O–H groups in total. The van der Waals surface area contributed by atoms with Crippen LogP contribution in [0.3, 0.4) is 0 Å². The van der Waals surface area contributed by atoms with Crippen molar-refractivity contribution in [3.8, 4) is 0 Å². The van der Waals surface area contributed by atoms with Crippen LogP contribution in [0, 0.1) is 5.82 Å². The fourth-order valence-electron chi connectivity index (χ4n) is 5.60. The topological polar surface area (TPSA) is 99.2 Å². The number of hydrogen-bond donors (Lipinski definition) is 2. The van der Waals surface area contributed by atoms with E-state index in [9.17, 15) is 14.0 Å². The predicted molar refractivity (Wildman–Crippen MR) is 156 cm³/mol. The van der Waals surface area contributed by atoms with Crippen molar-refractivity contribution in [3.05, 3.63) is 57.8 Å². The molecular formula is C30H38BrFN4O3. The van der Waals surface area contributed by atoms with E-state index < -0.39 is 23.4 Å². The van der Waals surface area contributed by atoms with E-state index in [1.165, 1.54) is 56.6 Å². The summed E-state index contributed by atoms with van der Waals surface area (Å²) in [5, 5.41) is 2.92. The van der Waals surface area contributed by atoms with Crippen LogP contribution in [0.1, 0.15) is 106 Å². The minimum absolute atomic E-state index is 0.00965. The Kier molecular flexibility index (Phi) is 9.31. The van der Waals surface area contributed by atoms with Gasteiger partial charge in [0.25, 0.3) is 5.91 Å². The van der Waals surface area contributed by atoms with Crippen LogP contribution in [0.2, 0.25) is 0 Å². The Hall–Kier alpha value is -2.94. The molecule has 2 saturated carbocycles. The third-order valence-corrected chi connectivity index (χ3v) is 7.96. The van der Waals surface area contributed by atoms with Gasteiger partial charge in [-0.05, 0) is 98.1 Å². The molecular weight excluding hydrogens is 563 g/mol. The van der Waals surface area contributed by atoms with Gasteiger partial charge < -0.3 is 15.0 Å². The van der Waals surface area contributed by atoms with Gasteiger partial charge in [-0.15, -0.1) is 0 Å². The van der Waals surface area contributed by atoms with E-state index in [1.807, 2.05) is 0 Å². The number of nitrogens with zero attached hydrogens (tertiary/aromatic N) is 2. The molecule has 1 aromatic heterocycles. The van der Waals surface area contributed by atoms with E-state index in [-0.39, 0.29) is 5.56 Å². The average molecular weight is 602 g/mol. The second kappa shape index (κ2) is 12.5. The maximum atomic E-state index is 14.4. The van der Waals surface area contributed by atoms with Crippen molar-refractivity contribution in [1.29, 1.82) is 0 Å². The highest BCUT2D eigenvalue weighted by Crippen LogP contribution is 2.38. The molecule has 0 bridgehead atoms. The summed E-state index contributed by atoms with van der Waals surface area (Å²) in [5.74, 6) is 0.0994. The molecule has 2 aliphatic rings. The molecule has 0 saturated heterocycles. The number of amides is 2. The molecule has 9 heteroatoms. The maximum Gasteiger partial charge on any atom is 0.405 e. The SMILES string of the molecule is CC(C)(C)OC(N)=O.O=C(Nc1nc2ccc(C3CCCCC3)cc2n1C1CCCC1)c1c(F)cccc1Br. The summed E-state index contributed by atoms with van der Waals surface area (Å²) in [6, 6.07) is 11.4. The molecule has 0 radical (unpaired) electrons. The van der Waals surface area contributed by atoms with Crippen molar-refractivity contribution in [2.24, 2.45) is 5.73 Å². The largest absolute Gasteiger partial charge is 0.444 e. The van der Waals surface area contributed by atoms with Crippen LogP contribution in [0.4, 0.5) is 15.1 Å². The van der Waals surface area contributed by atoms with Crippen molar-refractivity contribution in [2.45, 2.75) is 96.1 Å². The summed E-state index contributed by atoms with van der Waals surface area (Å²) in [6.45, 7) is 5.28. The Morgan fingerprint density at radius 2 is 1.72 bits per heavy atom. The number of fused-ring (bicyclic) bond motifs is 1. The number of benzene rings is 2. The zero-order valence-corrected chi connectivity index (χ0v) is 24.5. The van der Waals surface area contributed by atoms with Crippen LogP contribution in [-0.4, -0.2) is 27.2 Å². The molecule has 2 aliphatic carbocycles. The van der Waals surface area contributed by atoms with Gasteiger partial charge >= 0.3 is 6.09 Å². The third-order valence-electron chi connectivity index (χ3n) is 7.30. The second-order valence-corrected chi connectivity index (χ2v) is 12.3. The molecule has 2 amide bonds. The molecule has 0 spiro atoms. The highest BCUT2D eigenvalue weighted by molar-refractivity contribution is 9.10. The molecule has 7 nitrogen and oxygen atoms in total. The smallest absolute Gasteiger partial charge is 0.405 e. The number of anilines is 1. The molecule has 210 valence electrons. The number of carbonyl (C=O) groups excluding carboxylic acids is 2. The first kappa shape index (κ1) is 29.1. The number of carbonyl (C=O) groups is 2. The van der Waals surface area contributed by atoms with Gasteiger partial charge in [-0.25, -0.2) is 14.2 Å². The Bertz CT molecular complexity index is 1300. The first-order valence-corrected chi connectivity index (χ1v) is 14.6. The van der Waals surface area contributed by atoms with Gasteiger partial charge in [0, 0.05) is 10.5 Å². The fraction of sp³-hybridized carbons (Fsp3) is 0.500. The highest BCUT2D eigenvalue weighted by atomic mass is 79.9. The van der Waals surface area contributed by atoms with Crippen LogP contribution in [0.25, 0.3) is 11.0 Å². The Morgan fingerprint density at radius 3 is 2.31 bits per heavy atom. The lowest BCUT2D eigenvalue weighted by molar-refractivity contribution is 0.0600. The van der Waals surface area contributed by atoms with Gasteiger partial charge in [0.05, 0.1) is 16.6 Å². The molecule has 5 rings (SSSR count). The molecule has 0 aliphatic heterocycles. The minimum atomic E-state index is -0.725. The Balaban J connectivity index is 0.000000386. The number of hydrogen-bond acceptors (Lipinski definition) is 4. The van der Waals surface area contributed by atoms with E-state index >= 15 is 0 Å². The lowest BCUT2D eigenvalue weighted by Crippen LogP contribution is -2.27. The van der Waals surface area contributed by atoms with Crippen LogP contribution < -0.4 is 11.1 Å². The van der Waals surface area contributed by atoms with Crippen molar-refractivity contribution < 1.29 is 18.7 Å². The number of primary amides is 1. The van der Waals surface area contributed by atoms with Crippen LogP contribution in [0.5, 0.6) is 0 Å². The van der Waals surface area contributed by atoms with E-state index in [2.05, 4.69) is 48.7 Å². The molecule has 0 unspecified atom stereocenters. The number of aromatic nitrogens is 2. The van der Waals surface area contributed by atoms with Crippen molar-refractivity contribution in [2.75, 3.05) is 5.32 Å². The Morgan fingerprint density at radius 1 is 1.05 bits per heavy atom. The van der Waals surface area contributed by atoms with Gasteiger partial charge in [-0.1, -0.05) is 44.2 Å². The summed E-state index contributed by atoms with van der Waals surface area (Å²) in [6.07, 6.45) is 10.2. The van der Waals surface area contributed by atoms with Gasteiger partial charge in [0.15, 0.2) is 0 Å². The molecule has 3 aromatic rings. The van der Waals surface area contributed by atoms with E-state index in [1.54, 1.807) is 32.9 Å². The van der Waals surface area contributed by atoms with Crippen molar-refractivity contribution >= 4 is 44.9 Å². The quantitative estimate of drug-likeness (QED) is 0.315. The third kappa shape index (κ3) is 7.38. The van der Waals surface area contributed by atoms with Gasteiger partial charge in [0.2, 0.25) is 5.95 Å². The summed E-state index contributed by atoms with van der Waals surface area (Å²) in [5.41, 5.74) is 7.62. The number of rotatable bonds is 4. The monoisotopic (exact) mass is 600 g/mol. The first-order valence-electron chi connectivity index (χ1n) is 13.8. The van der Waals surface area contributed by atoms with Gasteiger partial charge in [0.1, 0.15) is 11.4 Å². The molecule has 2 aromatic carbocycles. The molecule has 0 atom stereocenters. The number of imidazole rings is 1. The lowest BCUT2D eigenvalue weighted by atomic mass is 9.84. The number of nitrogens with one attached hydrogen (secondary N) is 1. The predicted octanol–water partition coefficient (Wildman–Crippen LogP) is 8.23. The second-order valence-electron chi connectivity index (χ2n) is 11.4. The molecule has 39 heavy (non-hydrogen) atoms. The number of ether oxygens (including phenoxy) is 1. The van der Waals surface area contributed by atoms with E-state index in [4.69, 9.17) is 10.7 Å². The standard InChI is InChI=1S/C25H27BrFN3O.C5H11NO2/c26-19-11-6-12-20(27)23(19)24(31)29-25-28-21-14-13-17(16-7-2-1-3-8-16)15-22(21)30(25)18-9-4-5-10-18;1-5(2,3)8-4(6)7/h6,11-16,18H,1-5,7-10H2,(H,28,29,31);1-3H3,(H2,6,7). The summed E-state index contributed by atoms with van der Waals surface area (Å²) >= 11 is 3.31. The summed E-state index contributed by atoms with van der Waals surface area (Å²) in [7, 11) is 0. The number of halogens is 2. The minimum Gasteiger partial charge on any atom is -0.444 e. The van der Waals surface area contributed by atoms with Gasteiger partial charge in [-0.2, -0.15) is 0 Å². The summed E-state index contributed by atoms with van der Waals surface area (Å²) < 4.78 is 21.6. The van der Waals surface area contributed by atoms with E-state index in [0.717, 1.165) is 23.9 Å². The molecule has 1 heterocycles. The normalized spacial score (nSPS) is 16.5. The van der Waals surface area contributed by atoms with Crippen LogP contribution in [-0.2, 0) is 4.74 Å². The van der Waals surface area contributed by atoms with E-state index in [0.29, 0.717) is 22.4 Å². The van der Waals surface area contributed by atoms with Crippen molar-refractivity contribution in [3.63, 3.8) is 0 Å². The van der Waals surface area contributed by atoms with Gasteiger partial charge in [-0.3, -0.25) is 10.1 Å². The number of nitrogens with two attached hydrogens (primary N) is 1. The zero-order valence-electron chi connectivity index (χ0n) is 22.9. The zero-order chi connectivity index (χ0) is 28.2. The fourth-order valence-corrected chi connectivity index (χ4v) is 6.12.